The van der Waals surface area contributed by atoms with E-state index in [4.69, 9.17) is 14.5 Å². The lowest BCUT2D eigenvalue weighted by Gasteiger charge is -2.12. The largest absolute Gasteiger partial charge is 0.524 e. The van der Waals surface area contributed by atoms with Crippen LogP contribution in [0.1, 0.15) is 0 Å². The van der Waals surface area contributed by atoms with Gasteiger partial charge in [0.2, 0.25) is 0 Å². The van der Waals surface area contributed by atoms with Crippen LogP contribution in [-0.4, -0.2) is 31.9 Å². The van der Waals surface area contributed by atoms with Gasteiger partial charge in [-0.1, -0.05) is 5.21 Å². The number of phosphoric acid groups is 1. The van der Waals surface area contributed by atoms with Crippen molar-refractivity contribution < 1.29 is 23.6 Å². The normalized spacial score (nSPS) is 11.4. The first-order valence-electron chi connectivity index (χ1n) is 5.19. The predicted molar refractivity (Wildman–Crippen MR) is 65.7 cm³/mol. The van der Waals surface area contributed by atoms with E-state index in [0.29, 0.717) is 11.3 Å². The van der Waals surface area contributed by atoms with Crippen molar-refractivity contribution in [1.29, 1.82) is 0 Å². The average Bonchev–Trinajstić information content (AvgIpc) is 2.73. The fourth-order valence-corrected chi connectivity index (χ4v) is 1.99. The molecule has 2 rings (SSSR count). The second-order valence-corrected chi connectivity index (χ2v) is 4.85. The van der Waals surface area contributed by atoms with Gasteiger partial charge in [-0.05, 0) is 18.2 Å². The lowest BCUT2D eigenvalue weighted by atomic mass is 10.1. The Bertz CT molecular complexity index is 636. The summed E-state index contributed by atoms with van der Waals surface area (Å²) in [7, 11) is -1.57. The molecule has 1 aromatic heterocycles. The van der Waals surface area contributed by atoms with E-state index in [1.807, 2.05) is 0 Å². The zero-order chi connectivity index (χ0) is 14.0. The van der Waals surface area contributed by atoms with Gasteiger partial charge in [0.25, 0.3) is 0 Å². The van der Waals surface area contributed by atoms with Crippen LogP contribution in [0, 0.1) is 0 Å². The van der Waals surface area contributed by atoms with E-state index in [1.165, 1.54) is 24.1 Å². The first-order valence-corrected chi connectivity index (χ1v) is 6.72. The Kier molecular flexibility index (Phi) is 3.57. The number of ether oxygens (including phenoxy) is 1. The van der Waals surface area contributed by atoms with Crippen LogP contribution >= 0.6 is 7.82 Å². The number of aryl methyl sites for hydroxylation is 1. The van der Waals surface area contributed by atoms with Gasteiger partial charge in [0.1, 0.15) is 0 Å². The molecule has 19 heavy (non-hydrogen) atoms. The van der Waals surface area contributed by atoms with Gasteiger partial charge >= 0.3 is 7.82 Å². The third-order valence-electron chi connectivity index (χ3n) is 2.39. The molecule has 0 atom stereocenters. The molecule has 0 radical (unpaired) electrons. The quantitative estimate of drug-likeness (QED) is 0.806. The lowest BCUT2D eigenvalue weighted by molar-refractivity contribution is 0.276. The van der Waals surface area contributed by atoms with Gasteiger partial charge < -0.3 is 9.26 Å². The predicted octanol–water partition coefficient (Wildman–Crippen LogP) is 0.962. The number of phosphoric ester groups is 1. The van der Waals surface area contributed by atoms with E-state index < -0.39 is 7.82 Å². The van der Waals surface area contributed by atoms with E-state index in [2.05, 4.69) is 14.8 Å². The molecule has 1 heterocycles. The topological polar surface area (TPSA) is 107 Å². The van der Waals surface area contributed by atoms with Crippen molar-refractivity contribution in [2.45, 2.75) is 0 Å². The first-order chi connectivity index (χ1) is 8.90. The zero-order valence-corrected chi connectivity index (χ0v) is 11.1. The molecule has 0 aliphatic heterocycles. The lowest BCUT2D eigenvalue weighted by Crippen LogP contribution is -1.97. The maximum absolute atomic E-state index is 10.9. The Morgan fingerprint density at radius 3 is 2.58 bits per heavy atom. The Balaban J connectivity index is 2.47. The van der Waals surface area contributed by atoms with E-state index in [0.717, 1.165) is 0 Å². The number of rotatable bonds is 4. The summed E-state index contributed by atoms with van der Waals surface area (Å²) in [5, 5.41) is 7.51. The Hall–Kier alpha value is -1.89. The molecule has 1 aromatic carbocycles. The number of hydrogen-bond acceptors (Lipinski definition) is 5. The summed E-state index contributed by atoms with van der Waals surface area (Å²) in [5.41, 5.74) is 1.33. The Morgan fingerprint density at radius 1 is 1.32 bits per heavy atom. The second kappa shape index (κ2) is 5.00. The molecule has 9 heteroatoms. The van der Waals surface area contributed by atoms with Gasteiger partial charge in [-0.2, -0.15) is 0 Å². The zero-order valence-electron chi connectivity index (χ0n) is 10.2. The number of benzene rings is 1. The van der Waals surface area contributed by atoms with Crippen LogP contribution < -0.4 is 9.26 Å². The highest BCUT2D eigenvalue weighted by atomic mass is 31.2. The fraction of sp³-hybridized carbons (Fsp3) is 0.200. The molecule has 0 unspecified atom stereocenters. The van der Waals surface area contributed by atoms with Gasteiger partial charge in [0.15, 0.2) is 11.5 Å². The Labute approximate surface area is 108 Å². The highest BCUT2D eigenvalue weighted by Crippen LogP contribution is 2.43. The van der Waals surface area contributed by atoms with Crippen LogP contribution in [-0.2, 0) is 11.6 Å². The molecule has 0 saturated carbocycles. The highest BCUT2D eigenvalue weighted by molar-refractivity contribution is 7.46. The van der Waals surface area contributed by atoms with E-state index in [1.54, 1.807) is 19.2 Å². The summed E-state index contributed by atoms with van der Waals surface area (Å²) >= 11 is 0. The Morgan fingerprint density at radius 2 is 2.05 bits per heavy atom. The van der Waals surface area contributed by atoms with Crippen molar-refractivity contribution in [3.05, 3.63) is 24.4 Å². The van der Waals surface area contributed by atoms with Crippen molar-refractivity contribution in [2.75, 3.05) is 7.11 Å². The van der Waals surface area contributed by atoms with Crippen molar-refractivity contribution in [3.8, 4) is 22.8 Å². The average molecular weight is 285 g/mol. The minimum atomic E-state index is -4.65. The van der Waals surface area contributed by atoms with Crippen LogP contribution in [0.3, 0.4) is 0 Å². The molecule has 0 bridgehead atoms. The minimum Gasteiger partial charge on any atom is -0.493 e. The van der Waals surface area contributed by atoms with Crippen LogP contribution in [0.2, 0.25) is 0 Å². The van der Waals surface area contributed by atoms with Crippen LogP contribution in [0.4, 0.5) is 0 Å². The van der Waals surface area contributed by atoms with E-state index in [9.17, 15) is 4.57 Å². The number of aromatic nitrogens is 3. The van der Waals surface area contributed by atoms with Crippen molar-refractivity contribution in [3.63, 3.8) is 0 Å². The van der Waals surface area contributed by atoms with Crippen molar-refractivity contribution in [1.82, 2.24) is 15.0 Å². The molecule has 0 aliphatic carbocycles. The summed E-state index contributed by atoms with van der Waals surface area (Å²) in [6, 6.07) is 4.72. The van der Waals surface area contributed by atoms with Crippen molar-refractivity contribution >= 4 is 7.82 Å². The molecule has 8 nitrogen and oxygen atoms in total. The molecule has 102 valence electrons. The van der Waals surface area contributed by atoms with E-state index in [-0.39, 0.29) is 11.5 Å². The monoisotopic (exact) mass is 285 g/mol. The molecular formula is C10H12N3O5P. The van der Waals surface area contributed by atoms with Gasteiger partial charge in [-0.25, -0.2) is 9.25 Å². The number of nitrogens with zero attached hydrogens (tertiary/aromatic N) is 3. The van der Waals surface area contributed by atoms with Crippen LogP contribution in [0.5, 0.6) is 11.5 Å². The third-order valence-corrected chi connectivity index (χ3v) is 2.83. The summed E-state index contributed by atoms with van der Waals surface area (Å²) in [6.07, 6.45) is 1.53. The van der Waals surface area contributed by atoms with Crippen LogP contribution in [0.25, 0.3) is 11.3 Å². The highest BCUT2D eigenvalue weighted by Gasteiger charge is 2.20. The molecule has 0 saturated heterocycles. The molecule has 0 amide bonds. The van der Waals surface area contributed by atoms with Gasteiger partial charge in [-0.3, -0.25) is 9.79 Å². The molecular weight excluding hydrogens is 273 g/mol. The number of hydrogen-bond donors (Lipinski definition) is 2. The van der Waals surface area contributed by atoms with Gasteiger partial charge in [-0.15, -0.1) is 5.10 Å². The third kappa shape index (κ3) is 3.11. The SMILES string of the molecule is COc1ccc(-c2cnnn2C)cc1OP(=O)(O)O. The number of methoxy groups -OCH3 is 1. The fourth-order valence-electron chi connectivity index (χ4n) is 1.59. The summed E-state index contributed by atoms with van der Waals surface area (Å²) in [4.78, 5) is 17.7. The second-order valence-electron chi connectivity index (χ2n) is 3.69. The maximum atomic E-state index is 10.9. The first kappa shape index (κ1) is 13.5. The van der Waals surface area contributed by atoms with E-state index >= 15 is 0 Å². The van der Waals surface area contributed by atoms with Crippen molar-refractivity contribution in [2.24, 2.45) is 7.05 Å². The molecule has 0 spiro atoms. The van der Waals surface area contributed by atoms with Gasteiger partial charge in [0.05, 0.1) is 19.0 Å². The summed E-state index contributed by atoms with van der Waals surface area (Å²) in [6.45, 7) is 0. The minimum absolute atomic E-state index is 0.0467. The molecule has 2 aromatic rings. The molecule has 0 fully saturated rings. The van der Waals surface area contributed by atoms with Crippen LogP contribution in [0.15, 0.2) is 24.4 Å². The molecule has 2 N–H and O–H groups in total. The smallest absolute Gasteiger partial charge is 0.493 e. The summed E-state index contributed by atoms with van der Waals surface area (Å²) in [5.74, 6) is 0.178. The van der Waals surface area contributed by atoms with Gasteiger partial charge in [0, 0.05) is 12.6 Å². The summed E-state index contributed by atoms with van der Waals surface area (Å²) < 4.78 is 22.0. The maximum Gasteiger partial charge on any atom is 0.524 e. The standard InChI is InChI=1S/C10H12N3O5P/c1-13-8(6-11-12-13)7-3-4-9(17-2)10(5-7)18-19(14,15)16/h3-6H,1-2H3,(H2,14,15,16). The molecule has 0 aliphatic rings.